The Balaban J connectivity index is 1.63. The standard InChI is InChI=1S/C18H21N3O2/c1-14-5-3-4-6-16(14)18(23)21-11-9-20(10-12-21)17(22)15-7-8-19(2)13-15/h3-8,13H,9-12H2,1-2H3. The molecule has 2 aromatic rings. The molecule has 1 saturated heterocycles. The van der Waals surface area contributed by atoms with Crippen molar-refractivity contribution in [3.8, 4) is 0 Å². The van der Waals surface area contributed by atoms with Crippen molar-refractivity contribution in [2.24, 2.45) is 7.05 Å². The van der Waals surface area contributed by atoms with E-state index in [4.69, 9.17) is 0 Å². The maximum atomic E-state index is 12.6. The third-order valence-corrected chi connectivity index (χ3v) is 4.31. The Bertz CT molecular complexity index is 727. The maximum Gasteiger partial charge on any atom is 0.255 e. The van der Waals surface area contributed by atoms with Gasteiger partial charge >= 0.3 is 0 Å². The molecule has 0 saturated carbocycles. The number of benzene rings is 1. The average Bonchev–Trinajstić information content (AvgIpc) is 3.01. The zero-order chi connectivity index (χ0) is 16.4. The predicted molar refractivity (Wildman–Crippen MR) is 88.4 cm³/mol. The van der Waals surface area contributed by atoms with Gasteiger partial charge in [-0.15, -0.1) is 0 Å². The van der Waals surface area contributed by atoms with E-state index in [2.05, 4.69) is 0 Å². The second-order valence-electron chi connectivity index (χ2n) is 5.96. The van der Waals surface area contributed by atoms with E-state index in [-0.39, 0.29) is 11.8 Å². The van der Waals surface area contributed by atoms with E-state index in [0.29, 0.717) is 31.7 Å². The van der Waals surface area contributed by atoms with Crippen LogP contribution in [0.3, 0.4) is 0 Å². The quantitative estimate of drug-likeness (QED) is 0.851. The van der Waals surface area contributed by atoms with Crippen LogP contribution in [0.1, 0.15) is 26.3 Å². The summed E-state index contributed by atoms with van der Waals surface area (Å²) in [6.07, 6.45) is 3.69. The first-order valence-corrected chi connectivity index (χ1v) is 7.82. The molecule has 2 heterocycles. The van der Waals surface area contributed by atoms with E-state index in [1.807, 2.05) is 71.1 Å². The van der Waals surface area contributed by atoms with Crippen molar-refractivity contribution >= 4 is 11.8 Å². The average molecular weight is 311 g/mol. The predicted octanol–water partition coefficient (Wildman–Crippen LogP) is 1.93. The summed E-state index contributed by atoms with van der Waals surface area (Å²) in [7, 11) is 1.90. The molecule has 1 aliphatic rings. The molecule has 2 amide bonds. The first kappa shape index (κ1) is 15.3. The molecule has 0 unspecified atom stereocenters. The van der Waals surface area contributed by atoms with Crippen molar-refractivity contribution < 1.29 is 9.59 Å². The molecule has 0 atom stereocenters. The summed E-state index contributed by atoms with van der Waals surface area (Å²) >= 11 is 0. The summed E-state index contributed by atoms with van der Waals surface area (Å²) in [6.45, 7) is 4.25. The number of carbonyl (C=O) groups excluding carboxylic acids is 2. The second-order valence-corrected chi connectivity index (χ2v) is 5.96. The van der Waals surface area contributed by atoms with Crippen molar-refractivity contribution in [3.05, 3.63) is 59.4 Å². The first-order valence-electron chi connectivity index (χ1n) is 7.82. The number of carbonyl (C=O) groups is 2. The van der Waals surface area contributed by atoms with Gasteiger partial charge in [0.15, 0.2) is 0 Å². The van der Waals surface area contributed by atoms with Crippen LogP contribution in [0, 0.1) is 6.92 Å². The van der Waals surface area contributed by atoms with E-state index >= 15 is 0 Å². The molecular formula is C18H21N3O2. The molecular weight excluding hydrogens is 290 g/mol. The number of nitrogens with zero attached hydrogens (tertiary/aromatic N) is 3. The van der Waals surface area contributed by atoms with Gasteiger partial charge in [0.25, 0.3) is 11.8 Å². The Hall–Kier alpha value is -2.56. The monoisotopic (exact) mass is 311 g/mol. The third kappa shape index (κ3) is 3.13. The number of hydrogen-bond acceptors (Lipinski definition) is 2. The normalized spacial score (nSPS) is 14.9. The van der Waals surface area contributed by atoms with E-state index < -0.39 is 0 Å². The van der Waals surface area contributed by atoms with Gasteiger partial charge in [0, 0.05) is 51.2 Å². The lowest BCUT2D eigenvalue weighted by Crippen LogP contribution is -2.50. The fraction of sp³-hybridized carbons (Fsp3) is 0.333. The largest absolute Gasteiger partial charge is 0.356 e. The number of piperazine rings is 1. The van der Waals surface area contributed by atoms with Crippen molar-refractivity contribution in [2.45, 2.75) is 6.92 Å². The molecule has 23 heavy (non-hydrogen) atoms. The van der Waals surface area contributed by atoms with Crippen LogP contribution in [0.2, 0.25) is 0 Å². The molecule has 3 rings (SSSR count). The highest BCUT2D eigenvalue weighted by atomic mass is 16.2. The molecule has 0 aliphatic carbocycles. The minimum Gasteiger partial charge on any atom is -0.356 e. The van der Waals surface area contributed by atoms with Crippen LogP contribution < -0.4 is 0 Å². The van der Waals surface area contributed by atoms with Crippen molar-refractivity contribution in [1.82, 2.24) is 14.4 Å². The summed E-state index contributed by atoms with van der Waals surface area (Å²) in [4.78, 5) is 28.7. The molecule has 5 heteroatoms. The fourth-order valence-electron chi connectivity index (χ4n) is 2.91. The Morgan fingerprint density at radius 3 is 2.09 bits per heavy atom. The van der Waals surface area contributed by atoms with Crippen LogP contribution in [-0.4, -0.2) is 52.4 Å². The van der Waals surface area contributed by atoms with Gasteiger partial charge in [-0.25, -0.2) is 0 Å². The number of hydrogen-bond donors (Lipinski definition) is 0. The molecule has 1 aliphatic heterocycles. The van der Waals surface area contributed by atoms with Gasteiger partial charge in [-0.1, -0.05) is 18.2 Å². The Morgan fingerprint density at radius 1 is 0.913 bits per heavy atom. The lowest BCUT2D eigenvalue weighted by Gasteiger charge is -2.35. The molecule has 120 valence electrons. The molecule has 1 aromatic heterocycles. The van der Waals surface area contributed by atoms with Crippen LogP contribution in [0.5, 0.6) is 0 Å². The van der Waals surface area contributed by atoms with Crippen molar-refractivity contribution in [3.63, 3.8) is 0 Å². The SMILES string of the molecule is Cc1ccccc1C(=O)N1CCN(C(=O)c2ccn(C)c2)CC1. The molecule has 1 aromatic carbocycles. The molecule has 5 nitrogen and oxygen atoms in total. The molecule has 0 radical (unpaired) electrons. The topological polar surface area (TPSA) is 45.6 Å². The number of aromatic nitrogens is 1. The van der Waals surface area contributed by atoms with Gasteiger partial charge in [-0.05, 0) is 24.6 Å². The Labute approximate surface area is 136 Å². The lowest BCUT2D eigenvalue weighted by molar-refractivity contribution is 0.0535. The first-order chi connectivity index (χ1) is 11.1. The molecule has 1 fully saturated rings. The van der Waals surface area contributed by atoms with Gasteiger partial charge in [0.2, 0.25) is 0 Å². The minimum absolute atomic E-state index is 0.0357. The van der Waals surface area contributed by atoms with Crippen LogP contribution in [0.4, 0.5) is 0 Å². The summed E-state index contributed by atoms with van der Waals surface area (Å²) < 4.78 is 1.87. The summed E-state index contributed by atoms with van der Waals surface area (Å²) in [5, 5.41) is 0. The molecule has 0 spiro atoms. The number of amides is 2. The van der Waals surface area contributed by atoms with Gasteiger partial charge < -0.3 is 14.4 Å². The summed E-state index contributed by atoms with van der Waals surface area (Å²) in [5.41, 5.74) is 2.43. The highest BCUT2D eigenvalue weighted by molar-refractivity contribution is 5.96. The molecule has 0 N–H and O–H groups in total. The minimum atomic E-state index is 0.0357. The van der Waals surface area contributed by atoms with Crippen LogP contribution in [0.25, 0.3) is 0 Å². The maximum absolute atomic E-state index is 12.6. The van der Waals surface area contributed by atoms with E-state index in [1.165, 1.54) is 0 Å². The summed E-state index contributed by atoms with van der Waals surface area (Å²) in [5.74, 6) is 0.0866. The summed E-state index contributed by atoms with van der Waals surface area (Å²) in [6, 6.07) is 9.45. The van der Waals surface area contributed by atoms with Crippen LogP contribution >= 0.6 is 0 Å². The Kier molecular flexibility index (Phi) is 4.19. The van der Waals surface area contributed by atoms with E-state index in [1.54, 1.807) is 0 Å². The molecule has 0 bridgehead atoms. The van der Waals surface area contributed by atoms with E-state index in [9.17, 15) is 9.59 Å². The Morgan fingerprint density at radius 2 is 1.52 bits per heavy atom. The van der Waals surface area contributed by atoms with Gasteiger partial charge in [0.1, 0.15) is 0 Å². The highest BCUT2D eigenvalue weighted by Crippen LogP contribution is 2.14. The second kappa shape index (κ2) is 6.28. The number of aryl methyl sites for hydroxylation is 2. The van der Waals surface area contributed by atoms with Crippen molar-refractivity contribution in [1.29, 1.82) is 0 Å². The van der Waals surface area contributed by atoms with Gasteiger partial charge in [-0.3, -0.25) is 9.59 Å². The number of rotatable bonds is 2. The van der Waals surface area contributed by atoms with Gasteiger partial charge in [0.05, 0.1) is 5.56 Å². The van der Waals surface area contributed by atoms with Crippen LogP contribution in [0.15, 0.2) is 42.7 Å². The third-order valence-electron chi connectivity index (χ3n) is 4.31. The smallest absolute Gasteiger partial charge is 0.255 e. The zero-order valence-corrected chi connectivity index (χ0v) is 13.5. The fourth-order valence-corrected chi connectivity index (χ4v) is 2.91. The van der Waals surface area contributed by atoms with Crippen LogP contribution in [-0.2, 0) is 7.05 Å². The zero-order valence-electron chi connectivity index (χ0n) is 13.5. The van der Waals surface area contributed by atoms with E-state index in [0.717, 1.165) is 11.1 Å². The highest BCUT2D eigenvalue weighted by Gasteiger charge is 2.26. The lowest BCUT2D eigenvalue weighted by atomic mass is 10.1. The van der Waals surface area contributed by atoms with Crippen molar-refractivity contribution in [2.75, 3.05) is 26.2 Å². The van der Waals surface area contributed by atoms with Gasteiger partial charge in [-0.2, -0.15) is 0 Å².